The van der Waals surface area contributed by atoms with E-state index in [1.165, 1.54) is 28.3 Å². The molecule has 168 valence electrons. The summed E-state index contributed by atoms with van der Waals surface area (Å²) in [6, 6.07) is 18.6. The number of fused-ring (bicyclic) bond motifs is 1. The minimum Gasteiger partial charge on any atom is -0.379 e. The van der Waals surface area contributed by atoms with E-state index in [1.54, 1.807) is 11.3 Å². The van der Waals surface area contributed by atoms with E-state index < -0.39 is 0 Å². The first-order chi connectivity index (χ1) is 16.2. The first-order valence-corrected chi connectivity index (χ1v) is 12.0. The molecule has 1 saturated heterocycles. The van der Waals surface area contributed by atoms with E-state index in [1.807, 2.05) is 18.2 Å². The van der Waals surface area contributed by atoms with Gasteiger partial charge in [-0.1, -0.05) is 18.2 Å². The Hall–Kier alpha value is -3.49. The highest BCUT2D eigenvalue weighted by Gasteiger charge is 2.14. The molecule has 0 saturated carbocycles. The Morgan fingerprint density at radius 3 is 2.70 bits per heavy atom. The summed E-state index contributed by atoms with van der Waals surface area (Å²) >= 11 is 1.72. The Balaban J connectivity index is 1.33. The van der Waals surface area contributed by atoms with E-state index in [4.69, 9.17) is 0 Å². The highest BCUT2D eigenvalue weighted by atomic mass is 32.1. The lowest BCUT2D eigenvalue weighted by Gasteiger charge is -2.29. The maximum atomic E-state index is 12.1. The molecule has 0 amide bonds. The molecular weight excluding hydrogens is 432 g/mol. The molecule has 5 rings (SSSR count). The van der Waals surface area contributed by atoms with Crippen molar-refractivity contribution >= 4 is 50.1 Å². The van der Waals surface area contributed by atoms with Gasteiger partial charge >= 0.3 is 0 Å². The quantitative estimate of drug-likeness (QED) is 0.348. The van der Waals surface area contributed by atoms with Gasteiger partial charge in [0.2, 0.25) is 0 Å². The number of anilines is 4. The average Bonchev–Trinajstić information content (AvgIpc) is 3.33. The normalized spacial score (nSPS) is 13.8. The van der Waals surface area contributed by atoms with Crippen molar-refractivity contribution < 1.29 is 4.79 Å². The topological polar surface area (TPSA) is 82.2 Å². The third kappa shape index (κ3) is 4.81. The van der Waals surface area contributed by atoms with Crippen molar-refractivity contribution in [3.63, 3.8) is 0 Å². The summed E-state index contributed by atoms with van der Waals surface area (Å²) in [4.78, 5) is 14.5. The summed E-state index contributed by atoms with van der Waals surface area (Å²) in [6.45, 7) is 6.15. The van der Waals surface area contributed by atoms with Gasteiger partial charge in [0.15, 0.2) is 17.3 Å². The van der Waals surface area contributed by atoms with Crippen molar-refractivity contribution in [2.45, 2.75) is 13.5 Å². The average molecular weight is 459 g/mol. The van der Waals surface area contributed by atoms with Gasteiger partial charge in [0.1, 0.15) is 0 Å². The Bertz CT molecular complexity index is 1260. The van der Waals surface area contributed by atoms with Crippen LogP contribution in [0, 0.1) is 0 Å². The van der Waals surface area contributed by atoms with Gasteiger partial charge in [-0.2, -0.15) is 0 Å². The second-order valence-electron chi connectivity index (χ2n) is 8.07. The molecule has 2 aromatic carbocycles. The second kappa shape index (κ2) is 9.56. The number of thiophene rings is 1. The number of aromatic nitrogens is 2. The second-order valence-corrected chi connectivity index (χ2v) is 8.98. The molecule has 4 aromatic rings. The minimum atomic E-state index is -0.119. The maximum absolute atomic E-state index is 12.1. The third-order valence-corrected chi connectivity index (χ3v) is 6.78. The van der Waals surface area contributed by atoms with E-state index in [0.717, 1.165) is 31.9 Å². The first kappa shape index (κ1) is 21.4. The van der Waals surface area contributed by atoms with Crippen LogP contribution in [0.2, 0.25) is 0 Å². The number of benzene rings is 2. The van der Waals surface area contributed by atoms with Crippen LogP contribution < -0.4 is 20.9 Å². The van der Waals surface area contributed by atoms with E-state index in [-0.39, 0.29) is 5.78 Å². The Kier molecular flexibility index (Phi) is 6.19. The first-order valence-electron chi connectivity index (χ1n) is 11.1. The highest BCUT2D eigenvalue weighted by Crippen LogP contribution is 2.27. The van der Waals surface area contributed by atoms with Crippen LogP contribution in [0.1, 0.15) is 23.0 Å². The van der Waals surface area contributed by atoms with Gasteiger partial charge in [0.05, 0.1) is 5.69 Å². The molecule has 7 nitrogen and oxygen atoms in total. The zero-order valence-corrected chi connectivity index (χ0v) is 19.3. The molecule has 1 aliphatic rings. The fourth-order valence-electron chi connectivity index (χ4n) is 4.06. The summed E-state index contributed by atoms with van der Waals surface area (Å²) < 4.78 is 1.25. The number of carbonyl (C=O) groups is 1. The van der Waals surface area contributed by atoms with Crippen LogP contribution in [0.5, 0.6) is 0 Å². The van der Waals surface area contributed by atoms with Crippen molar-refractivity contribution in [2.75, 3.05) is 41.7 Å². The Morgan fingerprint density at radius 1 is 1.09 bits per heavy atom. The van der Waals surface area contributed by atoms with Crippen LogP contribution in [0.25, 0.3) is 10.1 Å². The van der Waals surface area contributed by atoms with Crippen LogP contribution in [0.15, 0.2) is 60.0 Å². The molecule has 3 heterocycles. The largest absolute Gasteiger partial charge is 0.379 e. The smallest absolute Gasteiger partial charge is 0.182 e. The number of nitrogens with zero attached hydrogens (tertiary/aromatic N) is 3. The van der Waals surface area contributed by atoms with E-state index in [9.17, 15) is 4.79 Å². The molecule has 0 atom stereocenters. The lowest BCUT2D eigenvalue weighted by molar-refractivity contribution is 0.101. The van der Waals surface area contributed by atoms with Gasteiger partial charge < -0.3 is 20.9 Å². The fourth-order valence-corrected chi connectivity index (χ4v) is 4.97. The summed E-state index contributed by atoms with van der Waals surface area (Å²) in [5, 5.41) is 21.8. The predicted molar refractivity (Wildman–Crippen MR) is 136 cm³/mol. The molecule has 0 unspecified atom stereocenters. The van der Waals surface area contributed by atoms with Crippen LogP contribution in [0.3, 0.4) is 0 Å². The van der Waals surface area contributed by atoms with E-state index in [2.05, 4.69) is 72.8 Å². The maximum Gasteiger partial charge on any atom is 0.182 e. The molecule has 8 heteroatoms. The lowest BCUT2D eigenvalue weighted by atomic mass is 10.1. The zero-order valence-electron chi connectivity index (χ0n) is 18.5. The number of Topliss-reactive ketones (excluding diaryl/α,β-unsaturated/α-hetero) is 1. The van der Waals surface area contributed by atoms with E-state index >= 15 is 0 Å². The van der Waals surface area contributed by atoms with Crippen LogP contribution >= 0.6 is 11.3 Å². The molecular formula is C25H26N6OS. The van der Waals surface area contributed by atoms with Crippen molar-refractivity contribution in [3.05, 3.63) is 71.2 Å². The van der Waals surface area contributed by atoms with Gasteiger partial charge in [-0.05, 0) is 46.7 Å². The molecule has 1 aliphatic heterocycles. The molecule has 0 spiro atoms. The molecule has 33 heavy (non-hydrogen) atoms. The standard InChI is InChI=1S/C25H26N6OS/c1-17(32)24-22(27-16-19-4-2-3-18-9-14-33-25(18)19)15-23(29-30-24)28-20-5-7-21(8-6-20)31-12-10-26-11-13-31/h2-9,14-15,26H,10-13,16H2,1H3,(H2,27,28,29). The van der Waals surface area contributed by atoms with Crippen LogP contribution in [0.4, 0.5) is 22.9 Å². The third-order valence-electron chi connectivity index (χ3n) is 5.78. The van der Waals surface area contributed by atoms with Gasteiger partial charge in [0, 0.05) is 61.8 Å². The number of rotatable bonds is 7. The predicted octanol–water partition coefficient (Wildman–Crippen LogP) is 4.66. The van der Waals surface area contributed by atoms with E-state index in [0.29, 0.717) is 23.7 Å². The van der Waals surface area contributed by atoms with Crippen molar-refractivity contribution in [2.24, 2.45) is 0 Å². The lowest BCUT2D eigenvalue weighted by Crippen LogP contribution is -2.43. The molecule has 1 fully saturated rings. The highest BCUT2D eigenvalue weighted by molar-refractivity contribution is 7.17. The van der Waals surface area contributed by atoms with Gasteiger partial charge in [-0.25, -0.2) is 0 Å². The number of hydrogen-bond acceptors (Lipinski definition) is 8. The number of hydrogen-bond donors (Lipinski definition) is 3. The number of nitrogens with one attached hydrogen (secondary N) is 3. The SMILES string of the molecule is CC(=O)c1nnc(Nc2ccc(N3CCNCC3)cc2)cc1NCc1cccc2ccsc12. The van der Waals surface area contributed by atoms with Crippen LogP contribution in [-0.2, 0) is 6.54 Å². The summed E-state index contributed by atoms with van der Waals surface area (Å²) in [7, 11) is 0. The monoisotopic (exact) mass is 458 g/mol. The zero-order chi connectivity index (χ0) is 22.6. The summed E-state index contributed by atoms with van der Waals surface area (Å²) in [5.41, 5.74) is 4.34. The van der Waals surface area contributed by atoms with Gasteiger partial charge in [0.25, 0.3) is 0 Å². The molecule has 0 radical (unpaired) electrons. The van der Waals surface area contributed by atoms with Crippen molar-refractivity contribution in [1.82, 2.24) is 15.5 Å². The number of piperazine rings is 1. The Labute approximate surface area is 196 Å². The van der Waals surface area contributed by atoms with Crippen LogP contribution in [-0.4, -0.2) is 42.2 Å². The molecule has 0 bridgehead atoms. The molecule has 2 aromatic heterocycles. The number of ketones is 1. The number of carbonyl (C=O) groups excluding carboxylic acids is 1. The fraction of sp³-hybridized carbons (Fsp3) is 0.240. The summed E-state index contributed by atoms with van der Waals surface area (Å²) in [6.07, 6.45) is 0. The molecule has 3 N–H and O–H groups in total. The van der Waals surface area contributed by atoms with Gasteiger partial charge in [-0.3, -0.25) is 4.79 Å². The Morgan fingerprint density at radius 2 is 1.91 bits per heavy atom. The summed E-state index contributed by atoms with van der Waals surface area (Å²) in [5.74, 6) is 0.470. The molecule has 0 aliphatic carbocycles. The van der Waals surface area contributed by atoms with Crippen molar-refractivity contribution in [1.29, 1.82) is 0 Å². The minimum absolute atomic E-state index is 0.119. The van der Waals surface area contributed by atoms with Gasteiger partial charge in [-0.15, -0.1) is 21.5 Å². The van der Waals surface area contributed by atoms with Crippen molar-refractivity contribution in [3.8, 4) is 0 Å².